The second-order valence-corrected chi connectivity index (χ2v) is 6.70. The van der Waals surface area contributed by atoms with E-state index >= 15 is 0 Å². The van der Waals surface area contributed by atoms with Crippen molar-refractivity contribution >= 4 is 28.2 Å². The van der Waals surface area contributed by atoms with Gasteiger partial charge in [-0.15, -0.1) is 11.3 Å². The van der Waals surface area contributed by atoms with Crippen molar-refractivity contribution in [3.8, 4) is 22.8 Å². The van der Waals surface area contributed by atoms with Gasteiger partial charge in [0.15, 0.2) is 16.6 Å². The highest BCUT2D eigenvalue weighted by atomic mass is 32.1. The van der Waals surface area contributed by atoms with Crippen LogP contribution in [0.4, 0.5) is 15.6 Å². The summed E-state index contributed by atoms with van der Waals surface area (Å²) in [5.41, 5.74) is 3.56. The van der Waals surface area contributed by atoms with Gasteiger partial charge in [0, 0.05) is 16.6 Å². The third kappa shape index (κ3) is 3.62. The van der Waals surface area contributed by atoms with E-state index in [1.54, 1.807) is 0 Å². The van der Waals surface area contributed by atoms with E-state index in [-0.39, 0.29) is 6.03 Å². The molecule has 1 aliphatic rings. The summed E-state index contributed by atoms with van der Waals surface area (Å²) in [6.45, 7) is 3.10. The molecule has 2 amide bonds. The van der Waals surface area contributed by atoms with Crippen LogP contribution in [0.5, 0.6) is 11.5 Å². The Morgan fingerprint density at radius 3 is 2.62 bits per heavy atom. The lowest BCUT2D eigenvalue weighted by Gasteiger charge is -2.18. The number of nitrogens with zero attached hydrogens (tertiary/aromatic N) is 1. The molecule has 132 valence electrons. The van der Waals surface area contributed by atoms with Crippen LogP contribution >= 0.6 is 11.3 Å². The van der Waals surface area contributed by atoms with Crippen molar-refractivity contribution in [2.45, 2.75) is 6.92 Å². The molecule has 0 atom stereocenters. The number of nitrogens with one attached hydrogen (secondary N) is 2. The summed E-state index contributed by atoms with van der Waals surface area (Å²) >= 11 is 1.37. The first-order valence-electron chi connectivity index (χ1n) is 8.17. The number of aromatic nitrogens is 1. The van der Waals surface area contributed by atoms with Gasteiger partial charge in [-0.1, -0.05) is 17.7 Å². The van der Waals surface area contributed by atoms with Crippen LogP contribution in [0.25, 0.3) is 11.3 Å². The molecule has 1 aromatic heterocycles. The maximum Gasteiger partial charge on any atom is 0.325 e. The fourth-order valence-electron chi connectivity index (χ4n) is 2.56. The summed E-state index contributed by atoms with van der Waals surface area (Å²) in [6, 6.07) is 13.0. The summed E-state index contributed by atoms with van der Waals surface area (Å²) in [5, 5.41) is 7.97. The maximum absolute atomic E-state index is 12.1. The number of urea groups is 1. The van der Waals surface area contributed by atoms with E-state index in [9.17, 15) is 4.79 Å². The molecule has 0 saturated carbocycles. The van der Waals surface area contributed by atoms with E-state index < -0.39 is 0 Å². The minimum Gasteiger partial charge on any atom is -0.486 e. The SMILES string of the molecule is Cc1ccc(NC(=O)Nc2nc(-c3ccc4c(c3)OCCO4)cs2)cc1. The standard InChI is InChI=1S/C19H17N3O3S/c1-12-2-5-14(6-3-12)20-18(23)22-19-21-15(11-26-19)13-4-7-16-17(10-13)25-9-8-24-16/h2-7,10-11H,8-9H2,1H3,(H2,20,21,22,23). The zero-order valence-electron chi connectivity index (χ0n) is 14.1. The number of carbonyl (C=O) groups excluding carboxylic acids is 1. The lowest BCUT2D eigenvalue weighted by atomic mass is 10.1. The Kier molecular flexibility index (Phi) is 4.45. The predicted molar refractivity (Wildman–Crippen MR) is 102 cm³/mol. The van der Waals surface area contributed by atoms with Crippen LogP contribution in [0.15, 0.2) is 47.8 Å². The van der Waals surface area contributed by atoms with Crippen molar-refractivity contribution in [2.24, 2.45) is 0 Å². The highest BCUT2D eigenvalue weighted by Gasteiger charge is 2.14. The Balaban J connectivity index is 1.44. The minimum atomic E-state index is -0.322. The Hall–Kier alpha value is -3.06. The van der Waals surface area contributed by atoms with Crippen LogP contribution in [-0.4, -0.2) is 24.2 Å². The monoisotopic (exact) mass is 367 g/mol. The summed E-state index contributed by atoms with van der Waals surface area (Å²) in [7, 11) is 0. The summed E-state index contributed by atoms with van der Waals surface area (Å²) in [4.78, 5) is 16.6. The molecule has 4 rings (SSSR count). The fraction of sp³-hybridized carbons (Fsp3) is 0.158. The van der Waals surface area contributed by atoms with Gasteiger partial charge < -0.3 is 14.8 Å². The predicted octanol–water partition coefficient (Wildman–Crippen LogP) is 4.53. The number of carbonyl (C=O) groups is 1. The van der Waals surface area contributed by atoms with E-state index in [4.69, 9.17) is 9.47 Å². The van der Waals surface area contributed by atoms with Gasteiger partial charge >= 0.3 is 6.03 Å². The number of anilines is 2. The molecule has 2 aromatic carbocycles. The lowest BCUT2D eigenvalue weighted by Crippen LogP contribution is -2.19. The number of rotatable bonds is 3. The van der Waals surface area contributed by atoms with Gasteiger partial charge in [0.05, 0.1) is 5.69 Å². The highest BCUT2D eigenvalue weighted by molar-refractivity contribution is 7.14. The lowest BCUT2D eigenvalue weighted by molar-refractivity contribution is 0.171. The number of hydrogen-bond donors (Lipinski definition) is 2. The number of thiazole rings is 1. The van der Waals surface area contributed by atoms with E-state index in [0.717, 1.165) is 28.3 Å². The molecule has 26 heavy (non-hydrogen) atoms. The molecule has 7 heteroatoms. The van der Waals surface area contributed by atoms with Crippen molar-refractivity contribution in [3.05, 3.63) is 53.4 Å². The molecule has 0 spiro atoms. The minimum absolute atomic E-state index is 0.322. The van der Waals surface area contributed by atoms with Gasteiger partial charge in [-0.2, -0.15) is 0 Å². The van der Waals surface area contributed by atoms with Gasteiger partial charge in [-0.05, 0) is 37.3 Å². The third-order valence-electron chi connectivity index (χ3n) is 3.87. The molecule has 6 nitrogen and oxygen atoms in total. The van der Waals surface area contributed by atoms with Crippen molar-refractivity contribution in [1.82, 2.24) is 4.98 Å². The molecular weight excluding hydrogens is 350 g/mol. The Bertz CT molecular complexity index is 937. The van der Waals surface area contributed by atoms with Gasteiger partial charge in [0.25, 0.3) is 0 Å². The molecule has 0 fully saturated rings. The molecule has 2 heterocycles. The molecule has 1 aliphatic heterocycles. The average Bonchev–Trinajstić information content (AvgIpc) is 3.11. The average molecular weight is 367 g/mol. The quantitative estimate of drug-likeness (QED) is 0.713. The van der Waals surface area contributed by atoms with Crippen LogP contribution in [0.1, 0.15) is 5.56 Å². The van der Waals surface area contributed by atoms with Crippen LogP contribution in [-0.2, 0) is 0 Å². The number of benzene rings is 2. The largest absolute Gasteiger partial charge is 0.486 e. The number of hydrogen-bond acceptors (Lipinski definition) is 5. The second kappa shape index (κ2) is 7.05. The Morgan fingerprint density at radius 1 is 1.04 bits per heavy atom. The zero-order valence-corrected chi connectivity index (χ0v) is 14.9. The second-order valence-electron chi connectivity index (χ2n) is 5.84. The molecule has 2 N–H and O–H groups in total. The van der Waals surface area contributed by atoms with E-state index in [1.165, 1.54) is 11.3 Å². The number of aryl methyl sites for hydroxylation is 1. The molecule has 0 aliphatic carbocycles. The highest BCUT2D eigenvalue weighted by Crippen LogP contribution is 2.35. The van der Waals surface area contributed by atoms with Gasteiger partial charge in [-0.3, -0.25) is 5.32 Å². The normalized spacial score (nSPS) is 12.5. The Morgan fingerprint density at radius 2 is 1.81 bits per heavy atom. The van der Waals surface area contributed by atoms with Crippen molar-refractivity contribution in [2.75, 3.05) is 23.8 Å². The number of fused-ring (bicyclic) bond motifs is 1. The van der Waals surface area contributed by atoms with Crippen molar-refractivity contribution in [3.63, 3.8) is 0 Å². The molecule has 0 saturated heterocycles. The van der Waals surface area contributed by atoms with E-state index in [1.807, 2.05) is 54.8 Å². The van der Waals surface area contributed by atoms with Crippen LogP contribution in [0.3, 0.4) is 0 Å². The van der Waals surface area contributed by atoms with E-state index in [0.29, 0.717) is 24.1 Å². The summed E-state index contributed by atoms with van der Waals surface area (Å²) < 4.78 is 11.1. The number of ether oxygens (including phenoxy) is 2. The van der Waals surface area contributed by atoms with Gasteiger partial charge in [0.1, 0.15) is 13.2 Å². The molecular formula is C19H17N3O3S. The molecule has 0 radical (unpaired) electrons. The summed E-state index contributed by atoms with van der Waals surface area (Å²) in [5.74, 6) is 1.46. The van der Waals surface area contributed by atoms with Gasteiger partial charge in [-0.25, -0.2) is 9.78 Å². The first kappa shape index (κ1) is 16.4. The van der Waals surface area contributed by atoms with Crippen LogP contribution in [0, 0.1) is 6.92 Å². The smallest absolute Gasteiger partial charge is 0.325 e. The first-order valence-corrected chi connectivity index (χ1v) is 9.05. The summed E-state index contributed by atoms with van der Waals surface area (Å²) in [6.07, 6.45) is 0. The topological polar surface area (TPSA) is 72.5 Å². The van der Waals surface area contributed by atoms with E-state index in [2.05, 4.69) is 15.6 Å². The zero-order chi connectivity index (χ0) is 17.9. The van der Waals surface area contributed by atoms with Gasteiger partial charge in [0.2, 0.25) is 0 Å². The van der Waals surface area contributed by atoms with Crippen molar-refractivity contribution in [1.29, 1.82) is 0 Å². The molecule has 0 bridgehead atoms. The molecule has 3 aromatic rings. The maximum atomic E-state index is 12.1. The number of amides is 2. The van der Waals surface area contributed by atoms with Crippen molar-refractivity contribution < 1.29 is 14.3 Å². The first-order chi connectivity index (χ1) is 12.7. The third-order valence-corrected chi connectivity index (χ3v) is 4.63. The van der Waals surface area contributed by atoms with Crippen LogP contribution < -0.4 is 20.1 Å². The fourth-order valence-corrected chi connectivity index (χ4v) is 3.28. The Labute approximate surface area is 154 Å². The molecule has 0 unspecified atom stereocenters. The van der Waals surface area contributed by atoms with Crippen LogP contribution in [0.2, 0.25) is 0 Å².